The molecule has 1 aliphatic rings. The van der Waals surface area contributed by atoms with Gasteiger partial charge in [0.15, 0.2) is 5.69 Å². The maximum atomic E-state index is 13.6. The number of hydrogen-bond donors (Lipinski definition) is 1. The van der Waals surface area contributed by atoms with E-state index in [2.05, 4.69) is 5.10 Å². The molecule has 0 fully saturated rings. The van der Waals surface area contributed by atoms with Crippen LogP contribution in [0.4, 0.5) is 13.2 Å². The maximum absolute atomic E-state index is 13.6. The number of alkyl halides is 3. The first-order valence-electron chi connectivity index (χ1n) is 8.07. The Balaban J connectivity index is 2.10. The van der Waals surface area contributed by atoms with Crippen molar-refractivity contribution >= 4 is 10.0 Å². The van der Waals surface area contributed by atoms with E-state index in [1.807, 2.05) is 12.1 Å². The number of primary sulfonamides is 1. The summed E-state index contributed by atoms with van der Waals surface area (Å²) in [7, 11) is -4.15. The minimum absolute atomic E-state index is 0.0107. The summed E-state index contributed by atoms with van der Waals surface area (Å²) < 4.78 is 65.8. The number of nitrogens with two attached hydrogens (primary N) is 1. The molecule has 1 heterocycles. The van der Waals surface area contributed by atoms with Crippen molar-refractivity contribution in [3.05, 3.63) is 65.4 Å². The molecule has 3 aromatic rings. The molecule has 0 saturated heterocycles. The first kappa shape index (κ1) is 17.7. The van der Waals surface area contributed by atoms with Crippen LogP contribution in [0.25, 0.3) is 16.9 Å². The lowest BCUT2D eigenvalue weighted by molar-refractivity contribution is -0.141. The van der Waals surface area contributed by atoms with Gasteiger partial charge in [-0.15, -0.1) is 0 Å². The number of fused-ring (bicyclic) bond motifs is 3. The van der Waals surface area contributed by atoms with E-state index in [0.717, 1.165) is 10.2 Å². The molecule has 1 aliphatic carbocycles. The maximum Gasteiger partial charge on any atom is 0.435 e. The zero-order valence-electron chi connectivity index (χ0n) is 13.9. The number of halogens is 3. The van der Waals surface area contributed by atoms with E-state index in [0.29, 0.717) is 12.0 Å². The molecule has 0 atom stereocenters. The summed E-state index contributed by atoms with van der Waals surface area (Å²) in [6.45, 7) is 0. The number of hydrogen-bond acceptors (Lipinski definition) is 3. The third kappa shape index (κ3) is 2.92. The van der Waals surface area contributed by atoms with E-state index in [9.17, 15) is 21.6 Å². The van der Waals surface area contributed by atoms with Crippen molar-refractivity contribution in [1.29, 1.82) is 0 Å². The highest BCUT2D eigenvalue weighted by atomic mass is 32.2. The average molecular weight is 393 g/mol. The Hall–Kier alpha value is -2.65. The fourth-order valence-corrected chi connectivity index (χ4v) is 4.18. The Bertz CT molecular complexity index is 1150. The predicted octanol–water partition coefficient (Wildman–Crippen LogP) is 3.30. The van der Waals surface area contributed by atoms with Crippen LogP contribution in [0.3, 0.4) is 0 Å². The molecule has 0 radical (unpaired) electrons. The van der Waals surface area contributed by atoms with Crippen molar-refractivity contribution in [3.63, 3.8) is 0 Å². The van der Waals surface area contributed by atoms with Crippen molar-refractivity contribution in [3.8, 4) is 16.9 Å². The fraction of sp³-hybridized carbons (Fsp3) is 0.167. The Morgan fingerprint density at radius 1 is 1.00 bits per heavy atom. The molecule has 27 heavy (non-hydrogen) atoms. The lowest BCUT2D eigenvalue weighted by Crippen LogP contribution is -2.16. The molecule has 0 spiro atoms. The Labute approximate surface area is 153 Å². The van der Waals surface area contributed by atoms with Gasteiger partial charge in [-0.25, -0.2) is 18.2 Å². The molecule has 2 aromatic carbocycles. The second-order valence-corrected chi connectivity index (χ2v) is 7.79. The number of sulfonamides is 1. The van der Waals surface area contributed by atoms with Crippen LogP contribution in [-0.4, -0.2) is 18.2 Å². The van der Waals surface area contributed by atoms with Crippen LogP contribution in [0.2, 0.25) is 0 Å². The molecule has 0 amide bonds. The molecule has 4 rings (SSSR count). The minimum Gasteiger partial charge on any atom is -0.231 e. The first-order chi connectivity index (χ1) is 12.7. The van der Waals surface area contributed by atoms with Gasteiger partial charge in [0.1, 0.15) is 4.90 Å². The van der Waals surface area contributed by atoms with E-state index in [-0.39, 0.29) is 28.3 Å². The lowest BCUT2D eigenvalue weighted by atomic mass is 9.88. The third-order valence-electron chi connectivity index (χ3n) is 4.57. The lowest BCUT2D eigenvalue weighted by Gasteiger charge is -2.19. The average Bonchev–Trinajstić information content (AvgIpc) is 3.01. The summed E-state index contributed by atoms with van der Waals surface area (Å²) in [6, 6.07) is 12.7. The highest BCUT2D eigenvalue weighted by molar-refractivity contribution is 7.89. The Kier molecular flexibility index (Phi) is 3.90. The third-order valence-corrected chi connectivity index (χ3v) is 5.53. The van der Waals surface area contributed by atoms with Gasteiger partial charge in [0.25, 0.3) is 0 Å². The highest BCUT2D eigenvalue weighted by Crippen LogP contribution is 2.42. The molecule has 140 valence electrons. The van der Waals surface area contributed by atoms with Gasteiger partial charge in [-0.05, 0) is 30.5 Å². The van der Waals surface area contributed by atoms with Gasteiger partial charge < -0.3 is 0 Å². The van der Waals surface area contributed by atoms with Gasteiger partial charge in [-0.3, -0.25) is 0 Å². The van der Waals surface area contributed by atoms with Crippen LogP contribution in [0, 0.1) is 0 Å². The Morgan fingerprint density at radius 3 is 2.37 bits per heavy atom. The number of para-hydroxylation sites is 1. The van der Waals surface area contributed by atoms with Gasteiger partial charge in [0.05, 0.1) is 11.4 Å². The molecule has 0 saturated carbocycles. The molecule has 2 N–H and O–H groups in total. The van der Waals surface area contributed by atoms with Gasteiger partial charge in [0, 0.05) is 11.1 Å². The molecule has 5 nitrogen and oxygen atoms in total. The standard InChI is InChI=1S/C18H14F3N3O2S/c19-18(20,21)17-13-10-9-11-5-1-2-6-12(11)16(13)24(23-17)14-7-3-4-8-15(14)27(22,25)26/h1-8H,9-10H2,(H2,22,25,26). The van der Waals surface area contributed by atoms with Crippen LogP contribution >= 0.6 is 0 Å². The molecule has 0 aliphatic heterocycles. The predicted molar refractivity (Wildman–Crippen MR) is 92.8 cm³/mol. The number of rotatable bonds is 2. The van der Waals surface area contributed by atoms with Crippen LogP contribution in [0.5, 0.6) is 0 Å². The topological polar surface area (TPSA) is 78.0 Å². The molecule has 1 aromatic heterocycles. The van der Waals surface area contributed by atoms with E-state index in [1.54, 1.807) is 12.1 Å². The minimum atomic E-state index is -4.65. The zero-order valence-corrected chi connectivity index (χ0v) is 14.7. The van der Waals surface area contributed by atoms with Gasteiger partial charge in [0.2, 0.25) is 10.0 Å². The van der Waals surface area contributed by atoms with Crippen LogP contribution < -0.4 is 5.14 Å². The van der Waals surface area contributed by atoms with Crippen molar-refractivity contribution in [1.82, 2.24) is 9.78 Å². The highest BCUT2D eigenvalue weighted by Gasteiger charge is 2.41. The SMILES string of the molecule is NS(=O)(=O)c1ccccc1-n1nc(C(F)(F)F)c2c1-c1ccccc1CC2. The van der Waals surface area contributed by atoms with Gasteiger partial charge >= 0.3 is 6.18 Å². The molecule has 0 bridgehead atoms. The van der Waals surface area contributed by atoms with Crippen molar-refractivity contribution in [2.45, 2.75) is 23.9 Å². The quantitative estimate of drug-likeness (QED) is 0.726. The second kappa shape index (κ2) is 5.93. The number of nitrogens with zero attached hydrogens (tertiary/aromatic N) is 2. The molecular weight excluding hydrogens is 379 g/mol. The van der Waals surface area contributed by atoms with E-state index < -0.39 is 21.9 Å². The normalized spacial score (nSPS) is 13.9. The number of aromatic nitrogens is 2. The van der Waals surface area contributed by atoms with Crippen molar-refractivity contribution < 1.29 is 21.6 Å². The molecule has 9 heteroatoms. The van der Waals surface area contributed by atoms with E-state index in [4.69, 9.17) is 5.14 Å². The fourth-order valence-electron chi connectivity index (χ4n) is 3.47. The number of aryl methyl sites for hydroxylation is 1. The first-order valence-corrected chi connectivity index (χ1v) is 9.62. The zero-order chi connectivity index (χ0) is 19.4. The largest absolute Gasteiger partial charge is 0.435 e. The Morgan fingerprint density at radius 2 is 1.67 bits per heavy atom. The summed E-state index contributed by atoms with van der Waals surface area (Å²) in [5.74, 6) is 0. The smallest absolute Gasteiger partial charge is 0.231 e. The van der Waals surface area contributed by atoms with Crippen molar-refractivity contribution in [2.24, 2.45) is 5.14 Å². The summed E-state index contributed by atoms with van der Waals surface area (Å²) in [6.07, 6.45) is -4.04. The molecular formula is C18H14F3N3O2S. The van der Waals surface area contributed by atoms with Gasteiger partial charge in [-0.1, -0.05) is 36.4 Å². The van der Waals surface area contributed by atoms with E-state index in [1.165, 1.54) is 24.3 Å². The van der Waals surface area contributed by atoms with Crippen molar-refractivity contribution in [2.75, 3.05) is 0 Å². The summed E-state index contributed by atoms with van der Waals surface area (Å²) in [4.78, 5) is -0.285. The number of benzene rings is 2. The van der Waals surface area contributed by atoms with E-state index >= 15 is 0 Å². The van der Waals surface area contributed by atoms with Crippen LogP contribution in [0.15, 0.2) is 53.4 Å². The summed E-state index contributed by atoms with van der Waals surface area (Å²) >= 11 is 0. The second-order valence-electron chi connectivity index (χ2n) is 6.26. The van der Waals surface area contributed by atoms with Crippen LogP contribution in [-0.2, 0) is 29.0 Å². The summed E-state index contributed by atoms with van der Waals surface area (Å²) in [5, 5.41) is 9.05. The molecule has 0 unspecified atom stereocenters. The summed E-state index contributed by atoms with van der Waals surface area (Å²) in [5.41, 5.74) is 0.782. The van der Waals surface area contributed by atoms with Crippen LogP contribution in [0.1, 0.15) is 16.8 Å². The van der Waals surface area contributed by atoms with Gasteiger partial charge in [-0.2, -0.15) is 18.3 Å². The monoisotopic (exact) mass is 393 g/mol.